The van der Waals surface area contributed by atoms with Crippen molar-refractivity contribution in [3.63, 3.8) is 0 Å². The Hall–Kier alpha value is -4.85. The van der Waals surface area contributed by atoms with Crippen molar-refractivity contribution in [2.45, 2.75) is 12.3 Å². The first-order valence-electron chi connectivity index (χ1n) is 11.6. The Balaban J connectivity index is 1.46. The molecule has 8 heteroatoms. The fraction of sp³-hybridized carbons (Fsp3) is 0.138. The van der Waals surface area contributed by atoms with Gasteiger partial charge in [-0.05, 0) is 59.5 Å². The molecule has 0 unspecified atom stereocenters. The number of aromatic nitrogens is 1. The van der Waals surface area contributed by atoms with Crippen LogP contribution in [0.3, 0.4) is 0 Å². The van der Waals surface area contributed by atoms with Gasteiger partial charge in [0.05, 0.1) is 31.7 Å². The molecule has 0 spiro atoms. The van der Waals surface area contributed by atoms with Crippen molar-refractivity contribution in [3.05, 3.63) is 99.0 Å². The van der Waals surface area contributed by atoms with Crippen LogP contribution in [0.15, 0.2) is 71.2 Å². The van der Waals surface area contributed by atoms with Gasteiger partial charge in [-0.15, -0.1) is 0 Å². The number of hydrogen-bond donors (Lipinski definition) is 1. The molecule has 8 nitrogen and oxygen atoms in total. The molecule has 1 N–H and O–H groups in total. The summed E-state index contributed by atoms with van der Waals surface area (Å²) in [6.07, 6.45) is 1.58. The Labute approximate surface area is 211 Å². The molecular weight excluding hydrogens is 474 g/mol. The molecule has 0 radical (unpaired) electrons. The van der Waals surface area contributed by atoms with Crippen molar-refractivity contribution in [3.8, 4) is 23.0 Å². The second kappa shape index (κ2) is 8.67. The molecule has 0 fully saturated rings. The van der Waals surface area contributed by atoms with Crippen molar-refractivity contribution < 1.29 is 28.5 Å². The van der Waals surface area contributed by atoms with Gasteiger partial charge in [-0.3, -0.25) is 14.4 Å². The Morgan fingerprint density at radius 1 is 0.892 bits per heavy atom. The first-order valence-corrected chi connectivity index (χ1v) is 11.6. The lowest BCUT2D eigenvalue weighted by Crippen LogP contribution is -2.26. The number of carbonyl (C=O) groups excluding carboxylic acids is 2. The smallest absolute Gasteiger partial charge is 0.312 e. The maximum atomic E-state index is 13.2. The maximum Gasteiger partial charge on any atom is 0.312 e. The van der Waals surface area contributed by atoms with E-state index < -0.39 is 11.9 Å². The number of nitrogens with one attached hydrogen (secondary N) is 1. The second-order valence-corrected chi connectivity index (χ2v) is 8.80. The maximum absolute atomic E-state index is 13.2. The van der Waals surface area contributed by atoms with E-state index in [9.17, 15) is 14.4 Å². The van der Waals surface area contributed by atoms with Gasteiger partial charge in [0.1, 0.15) is 23.0 Å². The summed E-state index contributed by atoms with van der Waals surface area (Å²) in [4.78, 5) is 41.8. The molecule has 2 aliphatic rings. The zero-order chi connectivity index (χ0) is 25.7. The first-order chi connectivity index (χ1) is 17.9. The van der Waals surface area contributed by atoms with E-state index in [-0.39, 0.29) is 29.3 Å². The Morgan fingerprint density at radius 2 is 1.65 bits per heavy atom. The predicted octanol–water partition coefficient (Wildman–Crippen LogP) is 4.60. The molecule has 1 aromatic heterocycles. The average molecular weight is 495 g/mol. The number of fused-ring (bicyclic) bond motifs is 4. The molecule has 4 aromatic rings. The van der Waals surface area contributed by atoms with Crippen LogP contribution in [0.4, 0.5) is 0 Å². The number of H-pyrrole nitrogens is 1. The summed E-state index contributed by atoms with van der Waals surface area (Å²) in [5.41, 5.74) is 2.26. The van der Waals surface area contributed by atoms with E-state index in [1.165, 1.54) is 0 Å². The number of allylic oxidation sites excluding steroid dienone is 1. The van der Waals surface area contributed by atoms with Crippen LogP contribution in [0.25, 0.3) is 17.0 Å². The summed E-state index contributed by atoms with van der Waals surface area (Å²) in [7, 11) is 3.13. The highest BCUT2D eigenvalue weighted by Crippen LogP contribution is 2.48. The van der Waals surface area contributed by atoms with Crippen molar-refractivity contribution in [2.75, 3.05) is 14.2 Å². The lowest BCUT2D eigenvalue weighted by atomic mass is 9.85. The number of ketones is 1. The van der Waals surface area contributed by atoms with Crippen molar-refractivity contribution in [1.29, 1.82) is 0 Å². The van der Waals surface area contributed by atoms with Crippen LogP contribution in [-0.2, 0) is 4.79 Å². The summed E-state index contributed by atoms with van der Waals surface area (Å²) in [6, 6.07) is 17.5. The normalized spacial score (nSPS) is 17.2. The molecule has 3 heterocycles. The van der Waals surface area contributed by atoms with Crippen molar-refractivity contribution in [2.24, 2.45) is 0 Å². The molecule has 184 valence electrons. The zero-order valence-electron chi connectivity index (χ0n) is 20.0. The van der Waals surface area contributed by atoms with Gasteiger partial charge >= 0.3 is 5.97 Å². The largest absolute Gasteiger partial charge is 0.497 e. The standard InChI is InChI=1S/C29H21NO7/c1-34-17-6-3-15(4-7-17)11-24-27(32)19-9-10-23-26(28(19)37-24)20(14-25(31)36-23)21-12-16-5-8-18(35-2)13-22(16)30-29(21)33/h3-13,20H,14H2,1-2H3,(H,30,33)/b24-11+/t20-/m1/s1. The summed E-state index contributed by atoms with van der Waals surface area (Å²) in [5, 5.41) is 0.778. The van der Waals surface area contributed by atoms with Gasteiger partial charge in [-0.2, -0.15) is 0 Å². The quantitative estimate of drug-likeness (QED) is 0.251. The van der Waals surface area contributed by atoms with Crippen LogP contribution >= 0.6 is 0 Å². The fourth-order valence-electron chi connectivity index (χ4n) is 4.81. The van der Waals surface area contributed by atoms with Gasteiger partial charge in [0, 0.05) is 23.1 Å². The van der Waals surface area contributed by atoms with Crippen LogP contribution in [0.1, 0.15) is 39.4 Å². The van der Waals surface area contributed by atoms with E-state index in [0.717, 1.165) is 10.9 Å². The highest BCUT2D eigenvalue weighted by Gasteiger charge is 2.39. The number of Topliss-reactive ketones (excluding diaryl/α,β-unsaturated/α-hetero) is 1. The molecular formula is C29H21NO7. The second-order valence-electron chi connectivity index (χ2n) is 8.80. The highest BCUT2D eigenvalue weighted by atomic mass is 16.5. The molecule has 3 aromatic carbocycles. The number of aromatic amines is 1. The van der Waals surface area contributed by atoms with Crippen LogP contribution < -0.4 is 24.5 Å². The topological polar surface area (TPSA) is 104 Å². The van der Waals surface area contributed by atoms with Crippen LogP contribution in [0, 0.1) is 0 Å². The number of benzene rings is 3. The third kappa shape index (κ3) is 3.83. The molecule has 0 bridgehead atoms. The summed E-state index contributed by atoms with van der Waals surface area (Å²) < 4.78 is 22.0. The number of pyridine rings is 1. The summed E-state index contributed by atoms with van der Waals surface area (Å²) in [5.74, 6) is 0.610. The van der Waals surface area contributed by atoms with E-state index in [1.54, 1.807) is 62.8 Å². The van der Waals surface area contributed by atoms with Gasteiger partial charge in [-0.25, -0.2) is 0 Å². The van der Waals surface area contributed by atoms with Gasteiger partial charge in [0.2, 0.25) is 5.78 Å². The lowest BCUT2D eigenvalue weighted by molar-refractivity contribution is -0.135. The van der Waals surface area contributed by atoms with Crippen molar-refractivity contribution in [1.82, 2.24) is 4.98 Å². The number of esters is 1. The van der Waals surface area contributed by atoms with E-state index >= 15 is 0 Å². The number of carbonyl (C=O) groups is 2. The minimum atomic E-state index is -0.658. The number of rotatable bonds is 4. The monoisotopic (exact) mass is 495 g/mol. The minimum absolute atomic E-state index is 0.0662. The Bertz CT molecular complexity index is 1680. The Morgan fingerprint density at radius 3 is 2.41 bits per heavy atom. The van der Waals surface area contributed by atoms with Crippen LogP contribution in [0.2, 0.25) is 0 Å². The molecule has 0 aliphatic carbocycles. The SMILES string of the molecule is COc1ccc(/C=C2/Oc3c(ccc4c3[C@@H](c3cc5ccc(OC)cc5[nH]c3=O)CC(=O)O4)C2=O)cc1. The van der Waals surface area contributed by atoms with E-state index in [0.29, 0.717) is 39.5 Å². The van der Waals surface area contributed by atoms with Gasteiger partial charge in [-0.1, -0.05) is 12.1 Å². The molecule has 2 aliphatic heterocycles. The third-order valence-electron chi connectivity index (χ3n) is 6.65. The molecule has 1 atom stereocenters. The molecule has 6 rings (SSSR count). The highest BCUT2D eigenvalue weighted by molar-refractivity contribution is 6.15. The predicted molar refractivity (Wildman–Crippen MR) is 136 cm³/mol. The molecule has 0 saturated heterocycles. The van der Waals surface area contributed by atoms with E-state index in [4.69, 9.17) is 18.9 Å². The number of hydrogen-bond acceptors (Lipinski definition) is 7. The fourth-order valence-corrected chi connectivity index (χ4v) is 4.81. The summed E-state index contributed by atoms with van der Waals surface area (Å²) in [6.45, 7) is 0. The van der Waals surface area contributed by atoms with Crippen LogP contribution in [-0.4, -0.2) is 31.0 Å². The zero-order valence-corrected chi connectivity index (χ0v) is 20.0. The first kappa shape index (κ1) is 22.6. The van der Waals surface area contributed by atoms with Crippen molar-refractivity contribution >= 4 is 28.7 Å². The average Bonchev–Trinajstić information content (AvgIpc) is 3.22. The third-order valence-corrected chi connectivity index (χ3v) is 6.65. The molecule has 37 heavy (non-hydrogen) atoms. The minimum Gasteiger partial charge on any atom is -0.497 e. The lowest BCUT2D eigenvalue weighted by Gasteiger charge is -2.26. The molecule has 0 saturated carbocycles. The van der Waals surface area contributed by atoms with Gasteiger partial charge in [0.25, 0.3) is 5.56 Å². The summed E-state index contributed by atoms with van der Waals surface area (Å²) >= 11 is 0. The van der Waals surface area contributed by atoms with Crippen LogP contribution in [0.5, 0.6) is 23.0 Å². The van der Waals surface area contributed by atoms with E-state index in [1.807, 2.05) is 18.2 Å². The van der Waals surface area contributed by atoms with Gasteiger partial charge in [0.15, 0.2) is 5.76 Å². The number of methoxy groups -OCH3 is 2. The number of ether oxygens (including phenoxy) is 4. The van der Waals surface area contributed by atoms with E-state index in [2.05, 4.69) is 4.98 Å². The molecule has 0 amide bonds. The Kier molecular flexibility index (Phi) is 5.30. The van der Waals surface area contributed by atoms with Gasteiger partial charge < -0.3 is 23.9 Å².